The molecule has 0 rings (SSSR count). The molecule has 36 nitrogen and oxygen atoms in total. The van der Waals surface area contributed by atoms with Crippen LogP contribution in [-0.4, -0.2) is 104 Å². The van der Waals surface area contributed by atoms with Crippen LogP contribution in [0.4, 0.5) is 0 Å². The van der Waals surface area contributed by atoms with Crippen LogP contribution in [0.25, 0.3) is 0 Å². The van der Waals surface area contributed by atoms with Crippen molar-refractivity contribution < 1.29 is 458 Å². The molecule has 0 aromatic rings. The van der Waals surface area contributed by atoms with Crippen LogP contribution in [0.2, 0.25) is 0 Å². The third kappa shape index (κ3) is 494. The van der Waals surface area contributed by atoms with Crippen molar-refractivity contribution in [1.29, 1.82) is 0 Å². The van der Waals surface area contributed by atoms with Crippen molar-refractivity contribution in [1.82, 2.24) is 0 Å². The monoisotopic (exact) mass is 2250 g/mol. The van der Waals surface area contributed by atoms with Gasteiger partial charge in [-0.1, -0.05) is 125 Å². The van der Waals surface area contributed by atoms with E-state index < -0.39 is 0 Å². The number of hydrogen-bond donors (Lipinski definition) is 0. The minimum Gasteiger partial charge on any atom is -0.876 e. The molecule has 0 unspecified atom stereocenters. The maximum atomic E-state index is 9.98. The first-order chi connectivity index (χ1) is 56.3. The fraction of sp³-hybridized carbons (Fsp3) is 0.400. The number of hydrogen-bond acceptors (Lipinski definition) is 36. The number of carbonyl (C=O) groups is 18. The summed E-state index contributed by atoms with van der Waals surface area (Å²) in [7, 11) is 0. The van der Waals surface area contributed by atoms with Gasteiger partial charge < -0.3 is 91.9 Å². The zero-order valence-electron chi connectivity index (χ0n) is 87.4. The van der Waals surface area contributed by atoms with E-state index in [1.807, 2.05) is 0 Å². The molecule has 0 N–H and O–H groups in total. The smallest absolute Gasteiger partial charge is 0.876 e. The summed E-state index contributed by atoms with van der Waals surface area (Å²) in [5.74, 6) is -6.75. The van der Waals surface area contributed by atoms with Crippen molar-refractivity contribution in [2.45, 2.75) is 249 Å². The number of carbonyl (C=O) groups excluding carboxylic acids is 18. The Morgan fingerprint density at radius 2 is 0.116 bits per heavy atom. The van der Waals surface area contributed by atoms with E-state index in [0.29, 0.717) is 0 Å². The van der Waals surface area contributed by atoms with E-state index in [1.54, 1.807) is 0 Å². The van der Waals surface area contributed by atoms with E-state index >= 15 is 0 Å². The molecule has 0 aliphatic heterocycles. The van der Waals surface area contributed by atoms with Gasteiger partial charge in [0.15, 0.2) is 104 Å². The number of allylic oxidation sites excluding steroid dienone is 36. The minimum absolute atomic E-state index is 0. The second-order valence-electron chi connectivity index (χ2n) is 24.6. The summed E-state index contributed by atoms with van der Waals surface area (Å²) in [5, 5.41) is 180. The van der Waals surface area contributed by atoms with Crippen LogP contribution >= 0.6 is 0 Å². The Morgan fingerprint density at radius 1 is 0.0942 bits per heavy atom. The topological polar surface area (TPSA) is 722 Å². The summed E-state index contributed by atoms with van der Waals surface area (Å²) in [6, 6.07) is 0. The van der Waals surface area contributed by atoms with Gasteiger partial charge in [-0.15, -0.1) is 104 Å². The van der Waals surface area contributed by atoms with E-state index in [9.17, 15) is 178 Å². The van der Waals surface area contributed by atoms with Gasteiger partial charge in [0.05, 0.1) is 0 Å². The Morgan fingerprint density at radius 3 is 0.116 bits per heavy atom. The molecule has 0 bridgehead atoms. The van der Waals surface area contributed by atoms with Gasteiger partial charge in [0.1, 0.15) is 0 Å². The van der Waals surface area contributed by atoms with Crippen molar-refractivity contribution in [3.05, 3.63) is 213 Å². The van der Waals surface area contributed by atoms with Gasteiger partial charge in [-0.05, 0) is 234 Å². The summed E-state index contributed by atoms with van der Waals surface area (Å²) >= 11 is 0. The maximum Gasteiger partial charge on any atom is 2.00 e. The predicted molar refractivity (Wildman–Crippen MR) is 440 cm³/mol. The Labute approximate surface area is 1010 Å². The summed E-state index contributed by atoms with van der Waals surface area (Å²) < 4.78 is 0. The van der Waals surface area contributed by atoms with Gasteiger partial charge in [0.2, 0.25) is 0 Å². The summed E-state index contributed by atoms with van der Waals surface area (Å²) in [6.45, 7) is 48.6. The van der Waals surface area contributed by atoms with Crippen molar-refractivity contribution in [2.24, 2.45) is 0 Å². The van der Waals surface area contributed by atoms with Crippen LogP contribution in [-0.2, 0) is 189 Å². The Kier molecular flexibility index (Phi) is 245. The molecule has 0 aliphatic rings. The average molecular weight is 2250 g/mol. The molecule has 0 aliphatic carbocycles. The fourth-order valence-electron chi connectivity index (χ4n) is 5.15. The van der Waals surface area contributed by atoms with Gasteiger partial charge in [-0.2, -0.15) is 0 Å². The molecule has 0 aromatic heterocycles. The van der Waals surface area contributed by atoms with E-state index in [4.69, 9.17) is 0 Å². The third-order valence-corrected chi connectivity index (χ3v) is 7.32. The van der Waals surface area contributed by atoms with E-state index in [2.05, 4.69) is 0 Å². The molecule has 0 fully saturated rings. The molecular formula is C90H126Mn6Na6O36. The van der Waals surface area contributed by atoms with Crippen LogP contribution in [0.1, 0.15) is 249 Å². The van der Waals surface area contributed by atoms with Crippen LogP contribution in [0, 0.1) is 0 Å². The van der Waals surface area contributed by atoms with Gasteiger partial charge in [0, 0.05) is 0 Å². The van der Waals surface area contributed by atoms with Gasteiger partial charge in [0.25, 0.3) is 0 Å². The maximum absolute atomic E-state index is 9.98. The van der Waals surface area contributed by atoms with E-state index in [-0.39, 0.29) is 488 Å². The molecule has 48 heteroatoms. The van der Waals surface area contributed by atoms with Crippen LogP contribution < -0.4 is 269 Å². The minimum atomic E-state index is -0.187. The molecular weight excluding hydrogens is 2120 g/mol. The summed E-state index contributed by atoms with van der Waals surface area (Å²) in [5.41, 5.74) is 0. The molecule has 6 radical (unpaired) electrons. The first-order valence-corrected chi connectivity index (χ1v) is 35.7. The average Bonchev–Trinajstić information content (AvgIpc) is 3.43. The van der Waals surface area contributed by atoms with Gasteiger partial charge >= 0.3 is 280 Å². The first-order valence-electron chi connectivity index (χ1n) is 35.7. The fourth-order valence-corrected chi connectivity index (χ4v) is 5.15. The zero-order chi connectivity index (χ0) is 106. The first kappa shape index (κ1) is 218. The molecule has 0 spiro atoms. The standard InChI is InChI=1S/18C5H8O2.6Mn.6Na/c18*1-4(6)3-5(2)7;;;;;;;;;;;;/h18*3,6H,1-2H3;;;;;;;;;;;;/q;;;;;;;;;;;;;;;;;;6*+2;6*+1/p-18/b18*4-3-;;;;;;;;;;;;. The van der Waals surface area contributed by atoms with E-state index in [0.717, 1.165) is 109 Å². The molecule has 0 saturated carbocycles. The van der Waals surface area contributed by atoms with Crippen molar-refractivity contribution >= 4 is 104 Å². The van der Waals surface area contributed by atoms with Crippen LogP contribution in [0.5, 0.6) is 0 Å². The number of ketones is 18. The number of rotatable bonds is 18. The van der Waals surface area contributed by atoms with Crippen LogP contribution in [0.3, 0.4) is 0 Å². The molecule has 0 aromatic carbocycles. The molecule has 750 valence electrons. The third-order valence-electron chi connectivity index (χ3n) is 7.32. The molecule has 0 heterocycles. The Hall–Kier alpha value is -5.10. The molecule has 0 saturated heterocycles. The largest absolute Gasteiger partial charge is 2.00 e. The Bertz CT molecular complexity index is 2900. The molecule has 0 amide bonds. The van der Waals surface area contributed by atoms with Crippen LogP contribution in [0.15, 0.2) is 213 Å². The second kappa shape index (κ2) is 155. The molecule has 138 heavy (non-hydrogen) atoms. The predicted octanol–water partition coefficient (Wildman–Crippen LogP) is -20.9. The van der Waals surface area contributed by atoms with Gasteiger partial charge in [-0.25, -0.2) is 0 Å². The quantitative estimate of drug-likeness (QED) is 0.0698. The van der Waals surface area contributed by atoms with Crippen molar-refractivity contribution in [3.63, 3.8) is 0 Å². The summed E-state index contributed by atoms with van der Waals surface area (Å²) in [6.07, 6.45) is 19.0. The second-order valence-corrected chi connectivity index (χ2v) is 24.6. The van der Waals surface area contributed by atoms with E-state index in [1.165, 1.54) is 249 Å². The molecule has 0 atom stereocenters. The SMILES string of the molecule is CC(=O)/C=C(/C)[O-].CC(=O)/C=C(/C)[O-].CC(=O)/C=C(/C)[O-].CC(=O)/C=C(/C)[O-].CC(=O)/C=C(/C)[O-].CC(=O)/C=C(/C)[O-].CC(=O)/C=C(/C)[O-].CC(=O)/C=C(/C)[O-].CC(=O)/C=C(/C)[O-].CC(=O)/C=C(/C)[O-].CC(=O)/C=C(/C)[O-].CC(=O)/C=C(/C)[O-].CC(=O)/C=C(/C)[O-].CC(=O)/C=C(/C)[O-].CC(=O)/C=C(/C)[O-].CC(=O)/C=C(/C)[O-].CC(=O)/C=C(/C)[O-].CC(=O)/C=C(/C)[O-].[Mn+2].[Mn+2].[Mn+2].[Mn+2].[Mn+2].[Mn+2].[Na+].[Na+].[Na+].[Na+].[Na+].[Na+]. The van der Waals surface area contributed by atoms with Gasteiger partial charge in [-0.3, -0.25) is 86.3 Å². The Balaban J connectivity index is -0.0000000318. The summed E-state index contributed by atoms with van der Waals surface area (Å²) in [4.78, 5) is 180. The van der Waals surface area contributed by atoms with Crippen molar-refractivity contribution in [2.75, 3.05) is 0 Å². The normalized spacial score (nSPS) is 10.4. The zero-order valence-corrected chi connectivity index (χ0v) is 106. The van der Waals surface area contributed by atoms with Crippen molar-refractivity contribution in [3.8, 4) is 0 Å².